The maximum atomic E-state index is 12.2. The topological polar surface area (TPSA) is 66.6 Å². The Kier molecular flexibility index (Phi) is 7.83. The summed E-state index contributed by atoms with van der Waals surface area (Å²) in [5.41, 5.74) is 6.40. The Morgan fingerprint density at radius 2 is 2.00 bits per heavy atom. The molecule has 0 saturated heterocycles. The van der Waals surface area contributed by atoms with Gasteiger partial charge >= 0.3 is 0 Å². The van der Waals surface area contributed by atoms with Crippen LogP contribution in [0.2, 0.25) is 0 Å². The van der Waals surface area contributed by atoms with Crippen LogP contribution in [0.3, 0.4) is 0 Å². The maximum absolute atomic E-state index is 12.2. The Hall–Kier alpha value is -1.55. The molecule has 0 aromatic heterocycles. The molecule has 118 valence electrons. The number of nitrogens with two attached hydrogens (primary N) is 1. The first-order valence-electron chi connectivity index (χ1n) is 7.79. The van der Waals surface area contributed by atoms with E-state index >= 15 is 0 Å². The number of phenols is 1. The van der Waals surface area contributed by atoms with Crippen LogP contribution < -0.4 is 5.73 Å². The number of amides is 1. The lowest BCUT2D eigenvalue weighted by molar-refractivity contribution is -0.130. The lowest BCUT2D eigenvalue weighted by Crippen LogP contribution is -2.26. The fraction of sp³-hybridized carbons (Fsp3) is 0.588. The summed E-state index contributed by atoms with van der Waals surface area (Å²) in [6.07, 6.45) is 4.70. The highest BCUT2D eigenvalue weighted by atomic mass is 16.3. The molecule has 1 amide bonds. The molecule has 0 heterocycles. The van der Waals surface area contributed by atoms with Gasteiger partial charge in [0.15, 0.2) is 0 Å². The second kappa shape index (κ2) is 9.40. The number of phenolic OH excluding ortho intramolecular Hbond substituents is 1. The SMILES string of the molecule is CCCC(CCN)CCC(=O)N(C)Cc1ccccc1O. The normalized spacial score (nSPS) is 12.1. The summed E-state index contributed by atoms with van der Waals surface area (Å²) in [5, 5.41) is 9.75. The lowest BCUT2D eigenvalue weighted by Gasteiger charge is -2.20. The van der Waals surface area contributed by atoms with Crippen molar-refractivity contribution < 1.29 is 9.90 Å². The third-order valence-electron chi connectivity index (χ3n) is 3.86. The molecule has 1 atom stereocenters. The molecule has 0 aliphatic carbocycles. The number of hydrogen-bond acceptors (Lipinski definition) is 3. The van der Waals surface area contributed by atoms with Crippen molar-refractivity contribution in [3.63, 3.8) is 0 Å². The van der Waals surface area contributed by atoms with E-state index in [-0.39, 0.29) is 11.7 Å². The van der Waals surface area contributed by atoms with Crippen LogP contribution in [-0.4, -0.2) is 29.5 Å². The highest BCUT2D eigenvalue weighted by molar-refractivity contribution is 5.75. The molecule has 0 radical (unpaired) electrons. The molecule has 0 saturated carbocycles. The summed E-state index contributed by atoms with van der Waals surface area (Å²) < 4.78 is 0. The van der Waals surface area contributed by atoms with E-state index in [1.807, 2.05) is 12.1 Å². The quantitative estimate of drug-likeness (QED) is 0.735. The summed E-state index contributed by atoms with van der Waals surface area (Å²) in [6, 6.07) is 7.13. The highest BCUT2D eigenvalue weighted by Gasteiger charge is 2.14. The van der Waals surface area contributed by atoms with Crippen LogP contribution in [0.25, 0.3) is 0 Å². The second-order valence-electron chi connectivity index (χ2n) is 5.65. The predicted octanol–water partition coefficient (Wildman–Crippen LogP) is 2.90. The van der Waals surface area contributed by atoms with Crippen molar-refractivity contribution in [2.24, 2.45) is 11.7 Å². The average Bonchev–Trinajstić information content (AvgIpc) is 2.47. The predicted molar refractivity (Wildman–Crippen MR) is 85.9 cm³/mol. The minimum Gasteiger partial charge on any atom is -0.508 e. The molecule has 4 nitrogen and oxygen atoms in total. The van der Waals surface area contributed by atoms with Crippen LogP contribution >= 0.6 is 0 Å². The first-order valence-corrected chi connectivity index (χ1v) is 7.79. The first kappa shape index (κ1) is 17.5. The number of rotatable bonds is 9. The molecule has 1 rings (SSSR count). The van der Waals surface area contributed by atoms with Gasteiger partial charge in [-0.2, -0.15) is 0 Å². The van der Waals surface area contributed by atoms with E-state index in [0.29, 0.717) is 25.4 Å². The Balaban J connectivity index is 2.45. The fourth-order valence-electron chi connectivity index (χ4n) is 2.58. The van der Waals surface area contributed by atoms with Crippen LogP contribution in [0.4, 0.5) is 0 Å². The molecule has 0 aliphatic rings. The minimum absolute atomic E-state index is 0.122. The molecule has 0 spiro atoms. The Labute approximate surface area is 128 Å². The fourth-order valence-corrected chi connectivity index (χ4v) is 2.58. The third-order valence-corrected chi connectivity index (χ3v) is 3.86. The van der Waals surface area contributed by atoms with Gasteiger partial charge in [0.1, 0.15) is 5.75 Å². The van der Waals surface area contributed by atoms with Gasteiger partial charge in [-0.1, -0.05) is 38.0 Å². The number of carbonyl (C=O) groups excluding carboxylic acids is 1. The Bertz CT molecular complexity index is 429. The number of carbonyl (C=O) groups is 1. The zero-order chi connectivity index (χ0) is 15.7. The average molecular weight is 292 g/mol. The van der Waals surface area contributed by atoms with Crippen molar-refractivity contribution in [1.82, 2.24) is 4.90 Å². The molecule has 3 N–H and O–H groups in total. The summed E-state index contributed by atoms with van der Waals surface area (Å²) in [4.78, 5) is 13.9. The van der Waals surface area contributed by atoms with Crippen LogP contribution in [0.15, 0.2) is 24.3 Å². The smallest absolute Gasteiger partial charge is 0.222 e. The molecule has 0 aliphatic heterocycles. The zero-order valence-corrected chi connectivity index (χ0v) is 13.2. The van der Waals surface area contributed by atoms with E-state index in [1.54, 1.807) is 24.1 Å². The van der Waals surface area contributed by atoms with Crippen molar-refractivity contribution in [3.8, 4) is 5.75 Å². The first-order chi connectivity index (χ1) is 10.1. The van der Waals surface area contributed by atoms with Gasteiger partial charge in [0, 0.05) is 25.6 Å². The van der Waals surface area contributed by atoms with E-state index in [0.717, 1.165) is 31.2 Å². The van der Waals surface area contributed by atoms with Gasteiger partial charge in [0.2, 0.25) is 5.91 Å². The molecule has 0 fully saturated rings. The van der Waals surface area contributed by atoms with Gasteiger partial charge in [0.05, 0.1) is 0 Å². The van der Waals surface area contributed by atoms with E-state index < -0.39 is 0 Å². The van der Waals surface area contributed by atoms with Gasteiger partial charge in [-0.05, 0) is 31.4 Å². The standard InChI is InChI=1S/C17H28N2O2/c1-3-6-14(11-12-18)9-10-17(21)19(2)13-15-7-4-5-8-16(15)20/h4-5,7-8,14,20H,3,6,9-13,18H2,1-2H3. The summed E-state index contributed by atoms with van der Waals surface area (Å²) in [5.74, 6) is 0.906. The van der Waals surface area contributed by atoms with Gasteiger partial charge < -0.3 is 15.7 Å². The van der Waals surface area contributed by atoms with Crippen LogP contribution in [0.1, 0.15) is 44.6 Å². The molecule has 21 heavy (non-hydrogen) atoms. The summed E-state index contributed by atoms with van der Waals surface area (Å²) in [6.45, 7) is 3.29. The van der Waals surface area contributed by atoms with Gasteiger partial charge in [-0.3, -0.25) is 4.79 Å². The van der Waals surface area contributed by atoms with Gasteiger partial charge in [-0.15, -0.1) is 0 Å². The maximum Gasteiger partial charge on any atom is 0.222 e. The van der Waals surface area contributed by atoms with Crippen molar-refractivity contribution in [3.05, 3.63) is 29.8 Å². The molecule has 1 unspecified atom stereocenters. The number of nitrogens with zero attached hydrogens (tertiary/aromatic N) is 1. The largest absolute Gasteiger partial charge is 0.508 e. The third kappa shape index (κ3) is 6.17. The number of benzene rings is 1. The van der Waals surface area contributed by atoms with Gasteiger partial charge in [0.25, 0.3) is 0 Å². The van der Waals surface area contributed by atoms with Crippen LogP contribution in [0.5, 0.6) is 5.75 Å². The van der Waals surface area contributed by atoms with Crippen molar-refractivity contribution in [1.29, 1.82) is 0 Å². The molecular weight excluding hydrogens is 264 g/mol. The van der Waals surface area contributed by atoms with Gasteiger partial charge in [-0.25, -0.2) is 0 Å². The molecular formula is C17H28N2O2. The lowest BCUT2D eigenvalue weighted by atomic mass is 9.94. The van der Waals surface area contributed by atoms with Crippen molar-refractivity contribution in [2.75, 3.05) is 13.6 Å². The van der Waals surface area contributed by atoms with E-state index in [2.05, 4.69) is 6.92 Å². The summed E-state index contributed by atoms with van der Waals surface area (Å²) in [7, 11) is 1.78. The van der Waals surface area contributed by atoms with Crippen molar-refractivity contribution in [2.45, 2.75) is 45.6 Å². The Morgan fingerprint density at radius 3 is 2.62 bits per heavy atom. The number of aromatic hydroxyl groups is 1. The van der Waals surface area contributed by atoms with Crippen LogP contribution in [0, 0.1) is 5.92 Å². The van der Waals surface area contributed by atoms with E-state index in [1.165, 1.54) is 0 Å². The molecule has 1 aromatic rings. The van der Waals surface area contributed by atoms with E-state index in [4.69, 9.17) is 5.73 Å². The van der Waals surface area contributed by atoms with E-state index in [9.17, 15) is 9.90 Å². The minimum atomic E-state index is 0.122. The molecule has 0 bridgehead atoms. The van der Waals surface area contributed by atoms with Crippen LogP contribution in [-0.2, 0) is 11.3 Å². The zero-order valence-electron chi connectivity index (χ0n) is 13.2. The molecule has 1 aromatic carbocycles. The number of para-hydroxylation sites is 1. The number of hydrogen-bond donors (Lipinski definition) is 2. The highest BCUT2D eigenvalue weighted by Crippen LogP contribution is 2.20. The Morgan fingerprint density at radius 1 is 1.29 bits per heavy atom. The summed E-state index contributed by atoms with van der Waals surface area (Å²) >= 11 is 0. The van der Waals surface area contributed by atoms with Crippen molar-refractivity contribution >= 4 is 5.91 Å². The monoisotopic (exact) mass is 292 g/mol. The molecule has 4 heteroatoms. The second-order valence-corrected chi connectivity index (χ2v) is 5.65.